The van der Waals surface area contributed by atoms with Crippen LogP contribution >= 0.6 is 0 Å². The molecular formula is C30H30F3N3O7. The minimum atomic E-state index is -4.35. The van der Waals surface area contributed by atoms with Gasteiger partial charge in [-0.3, -0.25) is 28.9 Å². The normalized spacial score (nSPS) is 28.9. The van der Waals surface area contributed by atoms with E-state index in [9.17, 15) is 47.4 Å². The van der Waals surface area contributed by atoms with Crippen molar-refractivity contribution >= 4 is 29.0 Å². The van der Waals surface area contributed by atoms with Gasteiger partial charge >= 0.3 is 6.18 Å². The van der Waals surface area contributed by atoms with E-state index in [0.29, 0.717) is 22.3 Å². The predicted octanol–water partition coefficient (Wildman–Crippen LogP) is 1.19. The van der Waals surface area contributed by atoms with E-state index >= 15 is 0 Å². The second kappa shape index (κ2) is 10.6. The van der Waals surface area contributed by atoms with Crippen molar-refractivity contribution in [1.82, 2.24) is 10.2 Å². The summed E-state index contributed by atoms with van der Waals surface area (Å²) in [6, 6.07) is 8.27. The van der Waals surface area contributed by atoms with Gasteiger partial charge in [0.05, 0.1) is 24.1 Å². The Morgan fingerprint density at radius 3 is 2.30 bits per heavy atom. The van der Waals surface area contributed by atoms with Crippen molar-refractivity contribution in [2.75, 3.05) is 20.6 Å². The zero-order valence-electron chi connectivity index (χ0n) is 23.3. The number of nitrogens with zero attached hydrogens (tertiary/aromatic N) is 1. The van der Waals surface area contributed by atoms with E-state index in [1.165, 1.54) is 25.1 Å². The Balaban J connectivity index is 1.52. The van der Waals surface area contributed by atoms with E-state index in [1.807, 2.05) is 0 Å². The highest BCUT2D eigenvalue weighted by molar-refractivity contribution is 6.32. The molecule has 0 aromatic heterocycles. The number of carbonyl (C=O) groups is 5. The second-order valence-corrected chi connectivity index (χ2v) is 11.7. The lowest BCUT2D eigenvalue weighted by Crippen LogP contribution is -2.74. The molecule has 228 valence electrons. The number of Topliss-reactive ketones (excluding diaryl/α,β-unsaturated/α-hetero) is 4. The maximum atomic E-state index is 13.9. The average molecular weight is 602 g/mol. The Hall–Kier alpha value is -3.94. The third-order valence-corrected chi connectivity index (χ3v) is 8.86. The zero-order valence-corrected chi connectivity index (χ0v) is 23.3. The summed E-state index contributed by atoms with van der Waals surface area (Å²) in [4.78, 5) is 67.9. The number of ketones is 4. The monoisotopic (exact) mass is 601 g/mol. The van der Waals surface area contributed by atoms with Crippen LogP contribution in [0, 0.1) is 23.7 Å². The van der Waals surface area contributed by atoms with E-state index in [2.05, 4.69) is 5.32 Å². The molecule has 2 aromatic rings. The Labute approximate surface area is 244 Å². The molecular weight excluding hydrogens is 571 g/mol. The van der Waals surface area contributed by atoms with Gasteiger partial charge in [-0.2, -0.15) is 13.2 Å². The van der Waals surface area contributed by atoms with Gasteiger partial charge in [0.1, 0.15) is 5.75 Å². The van der Waals surface area contributed by atoms with E-state index in [4.69, 9.17) is 5.73 Å². The van der Waals surface area contributed by atoms with Crippen LogP contribution < -0.4 is 11.1 Å². The number of carbonyl (C=O) groups excluding carboxylic acids is 5. The third-order valence-electron chi connectivity index (χ3n) is 8.86. The van der Waals surface area contributed by atoms with Crippen molar-refractivity contribution in [2.45, 2.75) is 37.2 Å². The van der Waals surface area contributed by atoms with E-state index in [-0.39, 0.29) is 24.9 Å². The lowest BCUT2D eigenvalue weighted by Gasteiger charge is -2.52. The van der Waals surface area contributed by atoms with Crippen LogP contribution in [0.15, 0.2) is 36.4 Å². The van der Waals surface area contributed by atoms with E-state index in [0.717, 1.165) is 0 Å². The summed E-state index contributed by atoms with van der Waals surface area (Å²) in [6.07, 6.45) is -4.34. The van der Waals surface area contributed by atoms with Crippen molar-refractivity contribution in [3.05, 3.63) is 53.1 Å². The zero-order chi connectivity index (χ0) is 31.6. The van der Waals surface area contributed by atoms with Gasteiger partial charge in [-0.05, 0) is 61.2 Å². The number of halogens is 3. The number of hydrogen-bond donors (Lipinski definition) is 4. The maximum absolute atomic E-state index is 13.9. The first-order chi connectivity index (χ1) is 20.1. The van der Waals surface area contributed by atoms with Crippen LogP contribution in [0.4, 0.5) is 13.2 Å². The first-order valence-corrected chi connectivity index (χ1v) is 13.6. The van der Waals surface area contributed by atoms with Crippen LogP contribution in [0.2, 0.25) is 0 Å². The summed E-state index contributed by atoms with van der Waals surface area (Å²) in [5, 5.41) is 24.7. The van der Waals surface area contributed by atoms with Gasteiger partial charge < -0.3 is 21.3 Å². The molecule has 1 amide bonds. The number of aromatic hydroxyl groups is 1. The third kappa shape index (κ3) is 4.94. The summed E-state index contributed by atoms with van der Waals surface area (Å²) >= 11 is 0. The molecule has 6 atom stereocenters. The highest BCUT2D eigenvalue weighted by atomic mass is 19.4. The molecule has 2 saturated carbocycles. The molecule has 3 aliphatic rings. The smallest absolute Gasteiger partial charge is 0.401 e. The fourth-order valence-corrected chi connectivity index (χ4v) is 7.03. The van der Waals surface area contributed by atoms with Gasteiger partial charge in [0.25, 0.3) is 0 Å². The molecule has 5 N–H and O–H groups in total. The number of phenolic OH excluding ortho intramolecular Hbond substituents is 1. The molecule has 2 fully saturated rings. The van der Waals surface area contributed by atoms with Crippen molar-refractivity contribution in [3.63, 3.8) is 0 Å². The number of rotatable bonds is 6. The average Bonchev–Trinajstić information content (AvgIpc) is 2.90. The number of nitrogens with two attached hydrogens (primary N) is 1. The molecule has 2 aromatic carbocycles. The SMILES string of the molecule is CN(C)[C@H]1C(=O)C(C(N)=O)C(=O)[C@]2(O)C(=O)C3C(=O)c4c(O)ccc(-c5ccc(CNCC(F)(F)F)cc5)c4C[C@@H]3C[C@H]12. The molecule has 5 rings (SSSR count). The molecule has 2 unspecified atom stereocenters. The van der Waals surface area contributed by atoms with Crippen LogP contribution in [0.1, 0.15) is 27.9 Å². The summed E-state index contributed by atoms with van der Waals surface area (Å²) in [6.45, 7) is -1.17. The van der Waals surface area contributed by atoms with Crippen LogP contribution in [-0.2, 0) is 32.1 Å². The molecule has 0 heterocycles. The lowest BCUT2D eigenvalue weighted by molar-refractivity contribution is -0.181. The molecule has 13 heteroatoms. The molecule has 43 heavy (non-hydrogen) atoms. The van der Waals surface area contributed by atoms with Gasteiger partial charge in [-0.15, -0.1) is 0 Å². The van der Waals surface area contributed by atoms with Crippen molar-refractivity contribution in [1.29, 1.82) is 0 Å². The van der Waals surface area contributed by atoms with E-state index < -0.39 is 82.8 Å². The number of phenols is 1. The number of aliphatic hydroxyl groups is 1. The van der Waals surface area contributed by atoms with Gasteiger partial charge in [0, 0.05) is 12.5 Å². The van der Waals surface area contributed by atoms with Gasteiger partial charge in [-0.1, -0.05) is 30.3 Å². The van der Waals surface area contributed by atoms with Crippen LogP contribution in [0.5, 0.6) is 5.75 Å². The molecule has 0 spiro atoms. The number of alkyl halides is 3. The Bertz CT molecular complexity index is 1540. The van der Waals surface area contributed by atoms with Crippen molar-refractivity contribution < 1.29 is 47.4 Å². The first kappa shape index (κ1) is 30.5. The summed E-state index contributed by atoms with van der Waals surface area (Å²) in [5.74, 6) is -11.3. The number of fused-ring (bicyclic) bond motifs is 3. The highest BCUT2D eigenvalue weighted by Crippen LogP contribution is 2.51. The van der Waals surface area contributed by atoms with Crippen molar-refractivity contribution in [3.8, 4) is 16.9 Å². The molecule has 0 radical (unpaired) electrons. The fraction of sp³-hybridized carbons (Fsp3) is 0.433. The van der Waals surface area contributed by atoms with E-state index in [1.54, 1.807) is 30.3 Å². The summed E-state index contributed by atoms with van der Waals surface area (Å²) < 4.78 is 37.4. The van der Waals surface area contributed by atoms with Gasteiger partial charge in [0.2, 0.25) is 5.91 Å². The Kier molecular flexibility index (Phi) is 7.56. The highest BCUT2D eigenvalue weighted by Gasteiger charge is 2.69. The van der Waals surface area contributed by atoms with Gasteiger partial charge in [0.15, 0.2) is 34.7 Å². The Morgan fingerprint density at radius 1 is 1.07 bits per heavy atom. The number of benzene rings is 2. The first-order valence-electron chi connectivity index (χ1n) is 13.6. The number of hydrogen-bond acceptors (Lipinski definition) is 9. The minimum absolute atomic E-state index is 0.0246. The molecule has 0 saturated heterocycles. The number of likely N-dealkylation sites (N-methyl/N-ethyl adjacent to an activating group) is 1. The van der Waals surface area contributed by atoms with Gasteiger partial charge in [-0.25, -0.2) is 0 Å². The largest absolute Gasteiger partial charge is 0.507 e. The van der Waals surface area contributed by atoms with Crippen LogP contribution in [0.25, 0.3) is 11.1 Å². The maximum Gasteiger partial charge on any atom is 0.401 e. The number of amides is 1. The quantitative estimate of drug-likeness (QED) is 0.356. The molecule has 10 nitrogen and oxygen atoms in total. The fourth-order valence-electron chi connectivity index (χ4n) is 7.03. The number of primary amides is 1. The minimum Gasteiger partial charge on any atom is -0.507 e. The van der Waals surface area contributed by atoms with Crippen LogP contribution in [0.3, 0.4) is 0 Å². The molecule has 0 bridgehead atoms. The number of nitrogens with one attached hydrogen (secondary N) is 1. The lowest BCUT2D eigenvalue weighted by atomic mass is 9.52. The standard InChI is InChI=1S/C30H30F3N3O7/c1-36(2)23-18-10-15-9-17-16(14-5-3-13(4-6-14)11-35-12-29(31,32)33)7-8-19(37)21(17)24(38)20(15)26(40)30(18,43)27(41)22(25(23)39)28(34)42/h3-8,15,18,20,22-23,35,37,43H,9-12H2,1-2H3,(H2,34,42)/t15-,18-,20?,22?,23-,30-/m1/s1. The van der Waals surface area contributed by atoms with Crippen molar-refractivity contribution in [2.24, 2.45) is 29.4 Å². The summed E-state index contributed by atoms with van der Waals surface area (Å²) in [7, 11) is 3.01. The summed E-state index contributed by atoms with van der Waals surface area (Å²) in [5.41, 5.74) is 4.56. The Morgan fingerprint density at radius 2 is 1.72 bits per heavy atom. The molecule has 3 aliphatic carbocycles. The molecule has 0 aliphatic heterocycles. The van der Waals surface area contributed by atoms with Crippen LogP contribution in [-0.4, -0.2) is 82.6 Å². The second-order valence-electron chi connectivity index (χ2n) is 11.7. The predicted molar refractivity (Wildman–Crippen MR) is 145 cm³/mol. The topological polar surface area (TPSA) is 167 Å².